The van der Waals surface area contributed by atoms with Crippen molar-refractivity contribution in [3.05, 3.63) is 77.0 Å². The van der Waals surface area contributed by atoms with Crippen LogP contribution in [0.2, 0.25) is 0 Å². The van der Waals surface area contributed by atoms with Crippen LogP contribution in [0, 0.1) is 6.92 Å². The molecule has 0 radical (unpaired) electrons. The first-order valence-electron chi connectivity index (χ1n) is 12.7. The van der Waals surface area contributed by atoms with E-state index in [1.54, 1.807) is 17.0 Å². The van der Waals surface area contributed by atoms with Crippen molar-refractivity contribution in [2.75, 3.05) is 16.8 Å². The summed E-state index contributed by atoms with van der Waals surface area (Å²) in [6.07, 6.45) is 1.05. The van der Waals surface area contributed by atoms with Gasteiger partial charge in [-0.2, -0.15) is 9.97 Å². The lowest BCUT2D eigenvalue weighted by Gasteiger charge is -2.31. The number of aromatic nitrogens is 3. The van der Waals surface area contributed by atoms with Gasteiger partial charge in [0, 0.05) is 35.3 Å². The largest absolute Gasteiger partial charge is 0.443 e. The van der Waals surface area contributed by atoms with Crippen molar-refractivity contribution in [1.29, 1.82) is 0 Å². The van der Waals surface area contributed by atoms with Crippen LogP contribution in [0.25, 0.3) is 16.9 Å². The molecule has 196 valence electrons. The van der Waals surface area contributed by atoms with Gasteiger partial charge in [0.1, 0.15) is 17.2 Å². The van der Waals surface area contributed by atoms with Crippen molar-refractivity contribution in [2.24, 2.45) is 5.73 Å². The Balaban J connectivity index is 1.66. The van der Waals surface area contributed by atoms with E-state index in [2.05, 4.69) is 5.32 Å². The Labute approximate surface area is 221 Å². The molecule has 2 amide bonds. The molecule has 9 heteroatoms. The first-order valence-corrected chi connectivity index (χ1v) is 12.7. The standard InChI is InChI=1S/C29H32N6O3/c1-18-16-22-20(24(30)36)12-8-14-23(22)35(18)27-32-25(31-17-19-10-6-5-7-11-19)21-13-9-15-34(26(21)33-27)28(37)38-29(2,3)4/h5-8,10-12,14,16H,9,13,15,17H2,1-4H3,(H2,30,36)(H,31,32,33). The van der Waals surface area contributed by atoms with Crippen LogP contribution in [0.4, 0.5) is 16.4 Å². The number of carbonyl (C=O) groups is 2. The average Bonchev–Trinajstić information content (AvgIpc) is 3.21. The lowest BCUT2D eigenvalue weighted by molar-refractivity contribution is 0.0576. The monoisotopic (exact) mass is 512 g/mol. The molecule has 0 fully saturated rings. The highest BCUT2D eigenvalue weighted by Gasteiger charge is 2.31. The van der Waals surface area contributed by atoms with Crippen LogP contribution < -0.4 is 16.0 Å². The third-order valence-electron chi connectivity index (χ3n) is 6.45. The van der Waals surface area contributed by atoms with Gasteiger partial charge in [-0.3, -0.25) is 14.3 Å². The van der Waals surface area contributed by atoms with Gasteiger partial charge in [-0.1, -0.05) is 36.4 Å². The van der Waals surface area contributed by atoms with E-state index < -0.39 is 17.6 Å². The molecule has 4 aromatic rings. The lowest BCUT2D eigenvalue weighted by atomic mass is 10.1. The molecule has 2 aromatic heterocycles. The molecule has 1 aliphatic rings. The van der Waals surface area contributed by atoms with Crippen molar-refractivity contribution in [2.45, 2.75) is 52.7 Å². The Morgan fingerprint density at radius 2 is 1.84 bits per heavy atom. The Hall–Kier alpha value is -4.40. The molecule has 38 heavy (non-hydrogen) atoms. The van der Waals surface area contributed by atoms with Gasteiger partial charge in [0.15, 0.2) is 0 Å². The van der Waals surface area contributed by atoms with E-state index in [0.717, 1.165) is 40.6 Å². The molecule has 9 nitrogen and oxygen atoms in total. The zero-order chi connectivity index (χ0) is 27.0. The minimum absolute atomic E-state index is 0.392. The predicted molar refractivity (Wildman–Crippen MR) is 148 cm³/mol. The zero-order valence-corrected chi connectivity index (χ0v) is 22.1. The first-order chi connectivity index (χ1) is 18.1. The second-order valence-electron chi connectivity index (χ2n) is 10.5. The number of hydrogen-bond acceptors (Lipinski definition) is 6. The number of rotatable bonds is 5. The molecule has 0 saturated carbocycles. The van der Waals surface area contributed by atoms with E-state index in [9.17, 15) is 9.59 Å². The average molecular weight is 513 g/mol. The summed E-state index contributed by atoms with van der Waals surface area (Å²) in [5.74, 6) is 1.08. The molecule has 5 rings (SSSR count). The summed E-state index contributed by atoms with van der Waals surface area (Å²) >= 11 is 0. The molecular formula is C29H32N6O3. The third-order valence-corrected chi connectivity index (χ3v) is 6.45. The highest BCUT2D eigenvalue weighted by molar-refractivity contribution is 6.06. The number of fused-ring (bicyclic) bond motifs is 2. The van der Waals surface area contributed by atoms with Crippen molar-refractivity contribution >= 4 is 34.5 Å². The summed E-state index contributed by atoms with van der Waals surface area (Å²) in [5.41, 5.74) is 9.00. The van der Waals surface area contributed by atoms with Crippen molar-refractivity contribution in [3.63, 3.8) is 0 Å². The number of aryl methyl sites for hydroxylation is 1. The van der Waals surface area contributed by atoms with Gasteiger partial charge >= 0.3 is 6.09 Å². The number of carbonyl (C=O) groups excluding carboxylic acids is 2. The number of amides is 2. The lowest BCUT2D eigenvalue weighted by Crippen LogP contribution is -2.41. The van der Waals surface area contributed by atoms with Crippen molar-refractivity contribution < 1.29 is 14.3 Å². The molecule has 1 aliphatic heterocycles. The van der Waals surface area contributed by atoms with Crippen LogP contribution in [0.3, 0.4) is 0 Å². The van der Waals surface area contributed by atoms with Gasteiger partial charge < -0.3 is 15.8 Å². The molecule has 3 heterocycles. The fourth-order valence-corrected chi connectivity index (χ4v) is 4.80. The first kappa shape index (κ1) is 25.3. The third kappa shape index (κ3) is 4.91. The number of nitrogens with zero attached hydrogens (tertiary/aromatic N) is 4. The summed E-state index contributed by atoms with van der Waals surface area (Å²) in [4.78, 5) is 36.8. The van der Waals surface area contributed by atoms with E-state index >= 15 is 0 Å². The Morgan fingerprint density at radius 3 is 2.55 bits per heavy atom. The zero-order valence-electron chi connectivity index (χ0n) is 22.1. The highest BCUT2D eigenvalue weighted by atomic mass is 16.6. The number of ether oxygens (including phenoxy) is 1. The fourth-order valence-electron chi connectivity index (χ4n) is 4.80. The maximum absolute atomic E-state index is 13.2. The van der Waals surface area contributed by atoms with Gasteiger partial charge in [-0.05, 0) is 64.3 Å². The van der Waals surface area contributed by atoms with Gasteiger partial charge in [0.05, 0.1) is 5.52 Å². The normalized spacial score (nSPS) is 13.3. The second-order valence-corrected chi connectivity index (χ2v) is 10.5. The van der Waals surface area contributed by atoms with Gasteiger partial charge in [0.2, 0.25) is 11.9 Å². The van der Waals surface area contributed by atoms with E-state index in [0.29, 0.717) is 36.2 Å². The number of anilines is 2. The molecule has 0 spiro atoms. The van der Waals surface area contributed by atoms with E-state index in [4.69, 9.17) is 20.4 Å². The maximum Gasteiger partial charge on any atom is 0.416 e. The van der Waals surface area contributed by atoms with Gasteiger partial charge in [-0.15, -0.1) is 0 Å². The fraction of sp³-hybridized carbons (Fsp3) is 0.310. The smallest absolute Gasteiger partial charge is 0.416 e. The van der Waals surface area contributed by atoms with Crippen molar-refractivity contribution in [3.8, 4) is 5.95 Å². The molecule has 0 unspecified atom stereocenters. The van der Waals surface area contributed by atoms with E-state index in [-0.39, 0.29) is 0 Å². The topological polar surface area (TPSA) is 115 Å². The Bertz CT molecular complexity index is 1520. The molecule has 2 aromatic carbocycles. The summed E-state index contributed by atoms with van der Waals surface area (Å²) < 4.78 is 7.60. The van der Waals surface area contributed by atoms with Gasteiger partial charge in [0.25, 0.3) is 0 Å². The van der Waals surface area contributed by atoms with Crippen LogP contribution in [-0.4, -0.2) is 38.7 Å². The highest BCUT2D eigenvalue weighted by Crippen LogP contribution is 2.34. The number of hydrogen-bond donors (Lipinski definition) is 2. The summed E-state index contributed by atoms with van der Waals surface area (Å²) in [7, 11) is 0. The minimum Gasteiger partial charge on any atom is -0.443 e. The Kier molecular flexibility index (Phi) is 6.52. The quantitative estimate of drug-likeness (QED) is 0.383. The number of primary amides is 1. The molecule has 0 saturated heterocycles. The number of nitrogens with two attached hydrogens (primary N) is 1. The maximum atomic E-state index is 13.2. The van der Waals surface area contributed by atoms with Crippen LogP contribution in [0.5, 0.6) is 0 Å². The van der Waals surface area contributed by atoms with Crippen LogP contribution in [-0.2, 0) is 17.7 Å². The molecule has 0 atom stereocenters. The predicted octanol–water partition coefficient (Wildman–Crippen LogP) is 5.13. The van der Waals surface area contributed by atoms with E-state index in [1.807, 2.05) is 74.7 Å². The number of nitrogens with one attached hydrogen (secondary N) is 1. The number of benzene rings is 2. The van der Waals surface area contributed by atoms with E-state index in [1.165, 1.54) is 0 Å². The van der Waals surface area contributed by atoms with Crippen LogP contribution >= 0.6 is 0 Å². The molecule has 3 N–H and O–H groups in total. The Morgan fingerprint density at radius 1 is 1.08 bits per heavy atom. The molecular weight excluding hydrogens is 480 g/mol. The second kappa shape index (κ2) is 9.81. The summed E-state index contributed by atoms with van der Waals surface area (Å²) in [6, 6.07) is 17.4. The van der Waals surface area contributed by atoms with Crippen LogP contribution in [0.15, 0.2) is 54.6 Å². The minimum atomic E-state index is -0.642. The molecule has 0 aliphatic carbocycles. The van der Waals surface area contributed by atoms with Crippen molar-refractivity contribution in [1.82, 2.24) is 14.5 Å². The van der Waals surface area contributed by atoms with Gasteiger partial charge in [-0.25, -0.2) is 4.79 Å². The summed E-state index contributed by atoms with van der Waals surface area (Å²) in [6.45, 7) is 8.52. The summed E-state index contributed by atoms with van der Waals surface area (Å²) in [5, 5.41) is 4.20. The van der Waals surface area contributed by atoms with Crippen LogP contribution in [0.1, 0.15) is 54.4 Å². The SMILES string of the molecule is Cc1cc2c(C(N)=O)cccc2n1-c1nc(NCc2ccccc2)c2c(n1)N(C(=O)OC(C)(C)C)CCC2. The molecule has 0 bridgehead atoms.